The van der Waals surface area contributed by atoms with Gasteiger partial charge in [0.1, 0.15) is 24.7 Å². The average molecular weight is 403 g/mol. The van der Waals surface area contributed by atoms with Crippen molar-refractivity contribution in [1.82, 2.24) is 20.2 Å². The van der Waals surface area contributed by atoms with Crippen LogP contribution in [0.4, 0.5) is 10.1 Å². The van der Waals surface area contributed by atoms with Crippen LogP contribution < -0.4 is 10.1 Å². The summed E-state index contributed by atoms with van der Waals surface area (Å²) in [5, 5.41) is 14.6. The van der Waals surface area contributed by atoms with Gasteiger partial charge in [-0.25, -0.2) is 4.39 Å². The van der Waals surface area contributed by atoms with Crippen LogP contribution in [0.3, 0.4) is 0 Å². The molecule has 3 aromatic carbocycles. The molecule has 0 saturated heterocycles. The number of amides is 1. The van der Waals surface area contributed by atoms with E-state index in [1.807, 2.05) is 30.3 Å². The number of nitrogens with zero attached hydrogens (tertiary/aromatic N) is 4. The SMILES string of the molecule is O=C(Cn1nnc(-c2cccc(F)c2)n1)Nc1ccc(OCc2ccccc2)cc1. The van der Waals surface area contributed by atoms with Crippen LogP contribution in [0.1, 0.15) is 5.56 Å². The molecule has 0 aliphatic carbocycles. The average Bonchev–Trinajstić information content (AvgIpc) is 3.22. The molecule has 0 atom stereocenters. The maximum atomic E-state index is 13.3. The van der Waals surface area contributed by atoms with Gasteiger partial charge >= 0.3 is 0 Å². The molecule has 8 heteroatoms. The van der Waals surface area contributed by atoms with Gasteiger partial charge in [-0.3, -0.25) is 4.79 Å². The molecule has 0 fully saturated rings. The summed E-state index contributed by atoms with van der Waals surface area (Å²) in [5.41, 5.74) is 2.19. The van der Waals surface area contributed by atoms with E-state index in [4.69, 9.17) is 4.74 Å². The van der Waals surface area contributed by atoms with Crippen LogP contribution in [-0.2, 0) is 17.9 Å². The number of nitrogens with one attached hydrogen (secondary N) is 1. The Kier molecular flexibility index (Phi) is 5.75. The number of carbonyl (C=O) groups excluding carboxylic acids is 1. The van der Waals surface area contributed by atoms with Gasteiger partial charge in [0, 0.05) is 11.3 Å². The highest BCUT2D eigenvalue weighted by molar-refractivity contribution is 5.90. The molecule has 30 heavy (non-hydrogen) atoms. The Bertz CT molecular complexity index is 1130. The predicted molar refractivity (Wildman–Crippen MR) is 109 cm³/mol. The van der Waals surface area contributed by atoms with Crippen LogP contribution in [0.15, 0.2) is 78.9 Å². The summed E-state index contributed by atoms with van der Waals surface area (Å²) in [6.45, 7) is 0.354. The van der Waals surface area contributed by atoms with E-state index in [9.17, 15) is 9.18 Å². The van der Waals surface area contributed by atoms with Crippen molar-refractivity contribution in [3.63, 3.8) is 0 Å². The van der Waals surface area contributed by atoms with Gasteiger partial charge in [-0.2, -0.15) is 4.80 Å². The molecule has 1 amide bonds. The Labute approximate surface area is 172 Å². The molecule has 0 aliphatic heterocycles. The zero-order valence-electron chi connectivity index (χ0n) is 15.9. The molecule has 1 heterocycles. The van der Waals surface area contributed by atoms with Crippen molar-refractivity contribution in [2.75, 3.05) is 5.32 Å². The lowest BCUT2D eigenvalue weighted by Gasteiger charge is -2.08. The first kappa shape index (κ1) is 19.3. The minimum atomic E-state index is -0.391. The smallest absolute Gasteiger partial charge is 0.248 e. The van der Waals surface area contributed by atoms with Crippen molar-refractivity contribution in [3.8, 4) is 17.1 Å². The van der Waals surface area contributed by atoms with Gasteiger partial charge in [0.15, 0.2) is 0 Å². The number of hydrogen-bond donors (Lipinski definition) is 1. The van der Waals surface area contributed by atoms with Gasteiger partial charge in [-0.05, 0) is 47.2 Å². The number of rotatable bonds is 7. The first-order valence-corrected chi connectivity index (χ1v) is 9.26. The summed E-state index contributed by atoms with van der Waals surface area (Å²) in [6.07, 6.45) is 0. The van der Waals surface area contributed by atoms with Crippen molar-refractivity contribution < 1.29 is 13.9 Å². The number of anilines is 1. The van der Waals surface area contributed by atoms with Crippen molar-refractivity contribution in [1.29, 1.82) is 0 Å². The first-order valence-electron chi connectivity index (χ1n) is 9.26. The van der Waals surface area contributed by atoms with E-state index in [2.05, 4.69) is 20.7 Å². The number of hydrogen-bond acceptors (Lipinski definition) is 5. The summed E-state index contributed by atoms with van der Waals surface area (Å²) < 4.78 is 19.0. The Balaban J connectivity index is 1.31. The summed E-state index contributed by atoms with van der Waals surface area (Å²) in [7, 11) is 0. The number of halogens is 1. The van der Waals surface area contributed by atoms with E-state index in [0.717, 1.165) is 10.4 Å². The third-order valence-electron chi connectivity index (χ3n) is 4.21. The van der Waals surface area contributed by atoms with Crippen molar-refractivity contribution in [2.45, 2.75) is 13.2 Å². The molecule has 0 unspecified atom stereocenters. The molecule has 0 radical (unpaired) electrons. The molecule has 0 aliphatic rings. The number of benzene rings is 3. The molecule has 1 aromatic heterocycles. The molecular weight excluding hydrogens is 385 g/mol. The van der Waals surface area contributed by atoms with E-state index in [1.54, 1.807) is 36.4 Å². The van der Waals surface area contributed by atoms with Gasteiger partial charge in [-0.15, -0.1) is 10.2 Å². The van der Waals surface area contributed by atoms with Gasteiger partial charge < -0.3 is 10.1 Å². The highest BCUT2D eigenvalue weighted by Gasteiger charge is 2.10. The lowest BCUT2D eigenvalue weighted by Crippen LogP contribution is -2.20. The second kappa shape index (κ2) is 8.95. The first-order chi connectivity index (χ1) is 14.7. The highest BCUT2D eigenvalue weighted by atomic mass is 19.1. The lowest BCUT2D eigenvalue weighted by atomic mass is 10.2. The van der Waals surface area contributed by atoms with Crippen LogP contribution in [0.5, 0.6) is 5.75 Å². The van der Waals surface area contributed by atoms with Crippen LogP contribution in [0, 0.1) is 5.82 Å². The summed E-state index contributed by atoms with van der Waals surface area (Å²) in [6, 6.07) is 22.8. The molecule has 150 valence electrons. The Morgan fingerprint density at radius 2 is 1.80 bits per heavy atom. The molecule has 4 aromatic rings. The summed E-state index contributed by atoms with van der Waals surface area (Å²) >= 11 is 0. The fourth-order valence-corrected chi connectivity index (χ4v) is 2.76. The zero-order valence-corrected chi connectivity index (χ0v) is 15.9. The minimum absolute atomic E-state index is 0.116. The second-order valence-corrected chi connectivity index (χ2v) is 6.50. The van der Waals surface area contributed by atoms with Crippen molar-refractivity contribution >= 4 is 11.6 Å². The Morgan fingerprint density at radius 3 is 2.57 bits per heavy atom. The largest absolute Gasteiger partial charge is 0.489 e. The number of aromatic nitrogens is 4. The number of tetrazole rings is 1. The van der Waals surface area contributed by atoms with Gasteiger partial charge in [0.05, 0.1) is 0 Å². The number of carbonyl (C=O) groups is 1. The molecule has 0 spiro atoms. The van der Waals surface area contributed by atoms with Crippen molar-refractivity contribution in [2.24, 2.45) is 0 Å². The molecule has 7 nitrogen and oxygen atoms in total. The maximum Gasteiger partial charge on any atom is 0.248 e. The Morgan fingerprint density at radius 1 is 1.00 bits per heavy atom. The van der Waals surface area contributed by atoms with Gasteiger partial charge in [-0.1, -0.05) is 42.5 Å². The predicted octanol–water partition coefficient (Wildman–Crippen LogP) is 3.70. The van der Waals surface area contributed by atoms with Gasteiger partial charge in [0.2, 0.25) is 11.7 Å². The fraction of sp³-hybridized carbons (Fsp3) is 0.0909. The number of ether oxygens (including phenoxy) is 1. The molecule has 4 rings (SSSR count). The fourth-order valence-electron chi connectivity index (χ4n) is 2.76. The molecule has 0 bridgehead atoms. The van der Waals surface area contributed by atoms with E-state index in [1.165, 1.54) is 12.1 Å². The van der Waals surface area contributed by atoms with Crippen LogP contribution in [0.25, 0.3) is 11.4 Å². The highest BCUT2D eigenvalue weighted by Crippen LogP contribution is 2.17. The Hall–Kier alpha value is -4.07. The van der Waals surface area contributed by atoms with Crippen LogP contribution >= 0.6 is 0 Å². The second-order valence-electron chi connectivity index (χ2n) is 6.50. The lowest BCUT2D eigenvalue weighted by molar-refractivity contribution is -0.117. The molecule has 0 saturated carbocycles. The van der Waals surface area contributed by atoms with E-state index in [0.29, 0.717) is 23.6 Å². The quantitative estimate of drug-likeness (QED) is 0.509. The van der Waals surface area contributed by atoms with E-state index >= 15 is 0 Å². The monoisotopic (exact) mass is 403 g/mol. The molecular formula is C22H18FN5O2. The maximum absolute atomic E-state index is 13.3. The minimum Gasteiger partial charge on any atom is -0.489 e. The van der Waals surface area contributed by atoms with E-state index < -0.39 is 5.82 Å². The van der Waals surface area contributed by atoms with E-state index in [-0.39, 0.29) is 18.3 Å². The summed E-state index contributed by atoms with van der Waals surface area (Å²) in [4.78, 5) is 13.4. The zero-order chi connectivity index (χ0) is 20.8. The van der Waals surface area contributed by atoms with Gasteiger partial charge in [0.25, 0.3) is 0 Å². The van der Waals surface area contributed by atoms with Crippen LogP contribution in [0.2, 0.25) is 0 Å². The van der Waals surface area contributed by atoms with Crippen molar-refractivity contribution in [3.05, 3.63) is 90.2 Å². The normalized spacial score (nSPS) is 10.6. The standard InChI is InChI=1S/C22H18FN5O2/c23-18-8-4-7-17(13-18)22-25-27-28(26-22)14-21(29)24-19-9-11-20(12-10-19)30-15-16-5-2-1-3-6-16/h1-13H,14-15H2,(H,24,29). The third kappa shape index (κ3) is 5.05. The topological polar surface area (TPSA) is 81.9 Å². The summed E-state index contributed by atoms with van der Waals surface area (Å²) in [5.74, 6) is 0.255. The third-order valence-corrected chi connectivity index (χ3v) is 4.21. The van der Waals surface area contributed by atoms with Crippen LogP contribution in [-0.4, -0.2) is 26.1 Å². The molecule has 1 N–H and O–H groups in total.